The highest BCUT2D eigenvalue weighted by Gasteiger charge is 2.26. The van der Waals surface area contributed by atoms with E-state index in [2.05, 4.69) is 16.0 Å². The predicted octanol–water partition coefficient (Wildman–Crippen LogP) is 1.81. The summed E-state index contributed by atoms with van der Waals surface area (Å²) in [5.41, 5.74) is -0.482. The first kappa shape index (κ1) is 21.7. The van der Waals surface area contributed by atoms with Crippen LogP contribution in [0.3, 0.4) is 0 Å². The molecule has 1 rings (SSSR count). The van der Waals surface area contributed by atoms with Crippen molar-refractivity contribution in [3.8, 4) is 0 Å². The number of ether oxygens (including phenoxy) is 2. The highest BCUT2D eigenvalue weighted by atomic mass is 16.6. The molecule has 1 saturated carbocycles. The minimum absolute atomic E-state index is 0.0313. The number of carbonyl (C=O) groups excluding carboxylic acids is 2. The van der Waals surface area contributed by atoms with Crippen LogP contribution < -0.4 is 16.0 Å². The zero-order chi connectivity index (χ0) is 18.7. The van der Waals surface area contributed by atoms with Crippen LogP contribution >= 0.6 is 0 Å². The molecule has 0 aromatic carbocycles. The van der Waals surface area contributed by atoms with Crippen molar-refractivity contribution in [2.45, 2.75) is 64.5 Å². The highest BCUT2D eigenvalue weighted by Crippen LogP contribution is 2.24. The van der Waals surface area contributed by atoms with Gasteiger partial charge in [-0.3, -0.25) is 4.79 Å². The third-order valence-electron chi connectivity index (χ3n) is 4.20. The Labute approximate surface area is 151 Å². The molecule has 0 bridgehead atoms. The number of hydrogen-bond donors (Lipinski definition) is 3. The van der Waals surface area contributed by atoms with Crippen LogP contribution in [0, 0.1) is 5.92 Å². The first-order valence-electron chi connectivity index (χ1n) is 9.27. The van der Waals surface area contributed by atoms with Crippen LogP contribution in [0.4, 0.5) is 4.79 Å². The summed E-state index contributed by atoms with van der Waals surface area (Å²) in [6.07, 6.45) is 4.59. The number of hydrogen-bond acceptors (Lipinski definition) is 5. The molecule has 7 nitrogen and oxygen atoms in total. The van der Waals surface area contributed by atoms with E-state index in [1.54, 1.807) is 7.11 Å². The normalized spacial score (nSPS) is 20.8. The van der Waals surface area contributed by atoms with E-state index in [0.29, 0.717) is 44.6 Å². The van der Waals surface area contributed by atoms with Crippen LogP contribution in [0.25, 0.3) is 0 Å². The number of methoxy groups -OCH3 is 1. The molecule has 7 heteroatoms. The third kappa shape index (κ3) is 10.3. The summed E-state index contributed by atoms with van der Waals surface area (Å²) in [7, 11) is 1.61. The van der Waals surface area contributed by atoms with E-state index in [1.807, 2.05) is 20.8 Å². The molecule has 3 N–H and O–H groups in total. The fourth-order valence-corrected chi connectivity index (χ4v) is 3.00. The van der Waals surface area contributed by atoms with Gasteiger partial charge in [0.25, 0.3) is 0 Å². The van der Waals surface area contributed by atoms with Crippen LogP contribution in [0.5, 0.6) is 0 Å². The molecule has 0 aromatic heterocycles. The second-order valence-corrected chi connectivity index (χ2v) is 7.58. The number of nitrogens with one attached hydrogen (secondary N) is 3. The number of carbonyl (C=O) groups is 2. The van der Waals surface area contributed by atoms with Gasteiger partial charge in [-0.25, -0.2) is 4.79 Å². The summed E-state index contributed by atoms with van der Waals surface area (Å²) in [5.74, 6) is 0.404. The Morgan fingerprint density at radius 3 is 2.48 bits per heavy atom. The van der Waals surface area contributed by atoms with E-state index in [4.69, 9.17) is 9.47 Å². The average molecular weight is 357 g/mol. The van der Waals surface area contributed by atoms with Crippen molar-refractivity contribution in [2.75, 3.05) is 33.4 Å². The molecule has 0 radical (unpaired) electrons. The molecule has 1 aliphatic carbocycles. The molecule has 146 valence electrons. The van der Waals surface area contributed by atoms with Gasteiger partial charge in [0.2, 0.25) is 5.91 Å². The predicted molar refractivity (Wildman–Crippen MR) is 97.5 cm³/mol. The lowest BCUT2D eigenvalue weighted by Gasteiger charge is -2.32. The molecule has 0 heterocycles. The Balaban J connectivity index is 2.29. The van der Waals surface area contributed by atoms with Gasteiger partial charge < -0.3 is 25.4 Å². The van der Waals surface area contributed by atoms with Crippen LogP contribution in [0.15, 0.2) is 0 Å². The van der Waals surface area contributed by atoms with Gasteiger partial charge in [0.15, 0.2) is 0 Å². The Morgan fingerprint density at radius 2 is 1.80 bits per heavy atom. The smallest absolute Gasteiger partial charge is 0.407 e. The standard InChI is InChI=1S/C18H35N3O4/c1-18(2,3)25-17(23)21-13-14-7-5-6-8-15(14)19-10-9-16(22)20-11-12-24-4/h14-15,19H,5-13H2,1-4H3,(H,20,22)(H,21,23). The Morgan fingerprint density at radius 1 is 1.08 bits per heavy atom. The van der Waals surface area contributed by atoms with Crippen LogP contribution in [0.1, 0.15) is 52.9 Å². The summed E-state index contributed by atoms with van der Waals surface area (Å²) in [5, 5.41) is 9.18. The maximum atomic E-state index is 11.8. The quantitative estimate of drug-likeness (QED) is 0.548. The lowest BCUT2D eigenvalue weighted by atomic mass is 9.84. The van der Waals surface area contributed by atoms with E-state index in [0.717, 1.165) is 12.8 Å². The lowest BCUT2D eigenvalue weighted by Crippen LogP contribution is -2.45. The number of amides is 2. The minimum Gasteiger partial charge on any atom is -0.444 e. The van der Waals surface area contributed by atoms with Crippen molar-refractivity contribution in [3.05, 3.63) is 0 Å². The van der Waals surface area contributed by atoms with Crippen molar-refractivity contribution in [3.63, 3.8) is 0 Å². The molecule has 2 amide bonds. The molecule has 1 aliphatic rings. The van der Waals surface area contributed by atoms with Gasteiger partial charge in [0.1, 0.15) is 5.60 Å². The summed E-state index contributed by atoms with van der Waals surface area (Å²) in [4.78, 5) is 23.5. The number of rotatable bonds is 9. The maximum absolute atomic E-state index is 11.8. The topological polar surface area (TPSA) is 88.7 Å². The van der Waals surface area contributed by atoms with Gasteiger partial charge in [-0.2, -0.15) is 0 Å². The zero-order valence-corrected chi connectivity index (χ0v) is 16.2. The van der Waals surface area contributed by atoms with Crippen LogP contribution in [-0.4, -0.2) is 57.0 Å². The van der Waals surface area contributed by atoms with Crippen LogP contribution in [0.2, 0.25) is 0 Å². The van der Waals surface area contributed by atoms with Crippen molar-refractivity contribution in [2.24, 2.45) is 5.92 Å². The molecule has 0 saturated heterocycles. The number of alkyl carbamates (subject to hydrolysis) is 1. The second-order valence-electron chi connectivity index (χ2n) is 7.58. The minimum atomic E-state index is -0.482. The highest BCUT2D eigenvalue weighted by molar-refractivity contribution is 5.76. The summed E-state index contributed by atoms with van der Waals surface area (Å²) in [6.45, 7) is 7.89. The van der Waals surface area contributed by atoms with Gasteiger partial charge in [0.05, 0.1) is 6.61 Å². The molecule has 25 heavy (non-hydrogen) atoms. The van der Waals surface area contributed by atoms with Gasteiger partial charge in [-0.1, -0.05) is 12.8 Å². The Kier molecular flexibility index (Phi) is 9.82. The Hall–Kier alpha value is -1.34. The van der Waals surface area contributed by atoms with Gasteiger partial charge in [0, 0.05) is 39.2 Å². The largest absolute Gasteiger partial charge is 0.444 e. The third-order valence-corrected chi connectivity index (χ3v) is 4.20. The summed E-state index contributed by atoms with van der Waals surface area (Å²) in [6, 6.07) is 0.329. The van der Waals surface area contributed by atoms with Crippen molar-refractivity contribution in [1.82, 2.24) is 16.0 Å². The zero-order valence-electron chi connectivity index (χ0n) is 16.2. The molecular weight excluding hydrogens is 322 g/mol. The monoisotopic (exact) mass is 357 g/mol. The van der Waals surface area contributed by atoms with Gasteiger partial charge in [-0.05, 0) is 39.5 Å². The lowest BCUT2D eigenvalue weighted by molar-refractivity contribution is -0.121. The van der Waals surface area contributed by atoms with E-state index in [9.17, 15) is 9.59 Å². The molecule has 0 aliphatic heterocycles. The van der Waals surface area contributed by atoms with Crippen molar-refractivity contribution < 1.29 is 19.1 Å². The summed E-state index contributed by atoms with van der Waals surface area (Å²) >= 11 is 0. The molecule has 1 fully saturated rings. The van der Waals surface area contributed by atoms with E-state index < -0.39 is 5.60 Å². The van der Waals surface area contributed by atoms with E-state index >= 15 is 0 Å². The fourth-order valence-electron chi connectivity index (χ4n) is 3.00. The molecule has 2 atom stereocenters. The molecule has 2 unspecified atom stereocenters. The first-order chi connectivity index (χ1) is 11.8. The van der Waals surface area contributed by atoms with E-state index in [-0.39, 0.29) is 12.0 Å². The SMILES string of the molecule is COCCNC(=O)CCNC1CCCCC1CNC(=O)OC(C)(C)C. The average Bonchev–Trinajstić information content (AvgIpc) is 2.52. The Bertz CT molecular complexity index is 410. The maximum Gasteiger partial charge on any atom is 0.407 e. The molecule has 0 spiro atoms. The molecule has 0 aromatic rings. The van der Waals surface area contributed by atoms with Crippen molar-refractivity contribution >= 4 is 12.0 Å². The second kappa shape index (κ2) is 11.3. The fraction of sp³-hybridized carbons (Fsp3) is 0.889. The van der Waals surface area contributed by atoms with Gasteiger partial charge in [-0.15, -0.1) is 0 Å². The summed E-state index contributed by atoms with van der Waals surface area (Å²) < 4.78 is 10.2. The van der Waals surface area contributed by atoms with Crippen LogP contribution in [-0.2, 0) is 14.3 Å². The van der Waals surface area contributed by atoms with E-state index in [1.165, 1.54) is 12.8 Å². The first-order valence-corrected chi connectivity index (χ1v) is 9.27. The van der Waals surface area contributed by atoms with Crippen molar-refractivity contribution in [1.29, 1.82) is 0 Å². The molecular formula is C18H35N3O4. The van der Waals surface area contributed by atoms with Gasteiger partial charge >= 0.3 is 6.09 Å².